The number of nitrogens with one attached hydrogen (secondary N) is 1. The van der Waals surface area contributed by atoms with Crippen LogP contribution in [0.4, 0.5) is 5.69 Å². The van der Waals surface area contributed by atoms with E-state index in [0.29, 0.717) is 6.42 Å². The second kappa shape index (κ2) is 5.75. The second-order valence-corrected chi connectivity index (χ2v) is 4.82. The van der Waals surface area contributed by atoms with Gasteiger partial charge in [0.1, 0.15) is 5.01 Å². The summed E-state index contributed by atoms with van der Waals surface area (Å²) in [6, 6.07) is 7.14. The van der Waals surface area contributed by atoms with Crippen molar-refractivity contribution in [3.05, 3.63) is 35.8 Å². The number of amides is 1. The van der Waals surface area contributed by atoms with E-state index >= 15 is 0 Å². The Morgan fingerprint density at radius 2 is 2.39 bits per heavy atom. The lowest BCUT2D eigenvalue weighted by Crippen LogP contribution is -2.34. The minimum Gasteiger partial charge on any atom is -0.325 e. The minimum absolute atomic E-state index is 0.159. The normalized spacial score (nSPS) is 12.1. The van der Waals surface area contributed by atoms with Crippen LogP contribution >= 0.6 is 11.3 Å². The van der Waals surface area contributed by atoms with Crippen LogP contribution in [0.1, 0.15) is 13.3 Å². The maximum absolute atomic E-state index is 11.7. The number of carbonyl (C=O) groups is 1. The summed E-state index contributed by atoms with van der Waals surface area (Å²) in [6.45, 7) is 1.89. The molecule has 1 aromatic carbocycles. The monoisotopic (exact) mass is 261 g/mol. The van der Waals surface area contributed by atoms with Gasteiger partial charge in [0.25, 0.3) is 0 Å². The summed E-state index contributed by atoms with van der Waals surface area (Å²) in [5, 5.41) is 5.67. The second-order valence-electron chi connectivity index (χ2n) is 3.92. The van der Waals surface area contributed by atoms with Gasteiger partial charge in [0.2, 0.25) is 5.91 Å². The molecule has 0 saturated heterocycles. The number of carbonyl (C=O) groups excluding carboxylic acids is 1. The molecule has 2 aromatic rings. The maximum Gasteiger partial charge on any atom is 0.241 e. The molecular weight excluding hydrogens is 246 g/mol. The van der Waals surface area contributed by atoms with Gasteiger partial charge in [-0.05, 0) is 18.6 Å². The standard InChI is InChI=1S/C13H15N3OS/c1-2-11(14)12(17)16-10-5-3-4-9(8-10)13-15-6-7-18-13/h3-8,11H,2,14H2,1H3,(H,16,17). The molecule has 0 aliphatic heterocycles. The fourth-order valence-corrected chi connectivity index (χ4v) is 2.15. The minimum atomic E-state index is -0.464. The Morgan fingerprint density at radius 1 is 1.56 bits per heavy atom. The molecule has 1 heterocycles. The van der Waals surface area contributed by atoms with Gasteiger partial charge in [-0.2, -0.15) is 0 Å². The van der Waals surface area contributed by atoms with E-state index < -0.39 is 6.04 Å². The van der Waals surface area contributed by atoms with E-state index in [-0.39, 0.29) is 5.91 Å². The van der Waals surface area contributed by atoms with E-state index in [2.05, 4.69) is 10.3 Å². The first kappa shape index (κ1) is 12.7. The van der Waals surface area contributed by atoms with Gasteiger partial charge < -0.3 is 11.1 Å². The van der Waals surface area contributed by atoms with Gasteiger partial charge in [0, 0.05) is 22.8 Å². The van der Waals surface area contributed by atoms with E-state index in [9.17, 15) is 4.79 Å². The van der Waals surface area contributed by atoms with Gasteiger partial charge in [-0.3, -0.25) is 4.79 Å². The molecule has 4 nitrogen and oxygen atoms in total. The summed E-state index contributed by atoms with van der Waals surface area (Å²) in [7, 11) is 0. The molecule has 1 aromatic heterocycles. The van der Waals surface area contributed by atoms with Crippen LogP contribution in [0.5, 0.6) is 0 Å². The van der Waals surface area contributed by atoms with Crippen LogP contribution < -0.4 is 11.1 Å². The SMILES string of the molecule is CCC(N)C(=O)Nc1cccc(-c2nccs2)c1. The quantitative estimate of drug-likeness (QED) is 0.888. The highest BCUT2D eigenvalue weighted by atomic mass is 32.1. The van der Waals surface area contributed by atoms with Gasteiger partial charge in [0.05, 0.1) is 6.04 Å². The zero-order chi connectivity index (χ0) is 13.0. The zero-order valence-electron chi connectivity index (χ0n) is 10.1. The van der Waals surface area contributed by atoms with E-state index in [1.165, 1.54) is 0 Å². The first-order valence-electron chi connectivity index (χ1n) is 5.77. The molecule has 0 saturated carbocycles. The smallest absolute Gasteiger partial charge is 0.241 e. The van der Waals surface area contributed by atoms with Crippen LogP contribution in [0, 0.1) is 0 Å². The third-order valence-electron chi connectivity index (χ3n) is 2.59. The van der Waals surface area contributed by atoms with E-state index in [1.54, 1.807) is 17.5 Å². The summed E-state index contributed by atoms with van der Waals surface area (Å²) in [5.74, 6) is -0.159. The summed E-state index contributed by atoms with van der Waals surface area (Å²) < 4.78 is 0. The molecule has 0 aliphatic carbocycles. The largest absolute Gasteiger partial charge is 0.325 e. The molecule has 0 radical (unpaired) electrons. The molecule has 0 fully saturated rings. The average molecular weight is 261 g/mol. The van der Waals surface area contributed by atoms with Crippen molar-refractivity contribution in [1.82, 2.24) is 4.98 Å². The number of nitrogens with two attached hydrogens (primary N) is 1. The summed E-state index contributed by atoms with van der Waals surface area (Å²) >= 11 is 1.57. The maximum atomic E-state index is 11.7. The number of thiazole rings is 1. The first-order valence-corrected chi connectivity index (χ1v) is 6.65. The molecular formula is C13H15N3OS. The molecule has 3 N–H and O–H groups in total. The number of hydrogen-bond donors (Lipinski definition) is 2. The van der Waals surface area contributed by atoms with Gasteiger partial charge >= 0.3 is 0 Å². The van der Waals surface area contributed by atoms with Crippen LogP contribution in [0.25, 0.3) is 10.6 Å². The third kappa shape index (κ3) is 2.94. The molecule has 1 unspecified atom stereocenters. The number of rotatable bonds is 4. The van der Waals surface area contributed by atoms with Crippen molar-refractivity contribution in [2.75, 3.05) is 5.32 Å². The van der Waals surface area contributed by atoms with Gasteiger partial charge in [-0.25, -0.2) is 4.98 Å². The average Bonchev–Trinajstić information content (AvgIpc) is 2.92. The molecule has 2 rings (SSSR count). The number of benzene rings is 1. The Labute approximate surface area is 110 Å². The van der Waals surface area contributed by atoms with Crippen molar-refractivity contribution in [3.8, 4) is 10.6 Å². The molecule has 1 atom stereocenters. The van der Waals surface area contributed by atoms with E-state index in [1.807, 2.05) is 36.6 Å². The Kier molecular flexibility index (Phi) is 4.07. The number of nitrogens with zero attached hydrogens (tertiary/aromatic N) is 1. The summed E-state index contributed by atoms with van der Waals surface area (Å²) in [6.07, 6.45) is 2.39. The number of aromatic nitrogens is 1. The first-order chi connectivity index (χ1) is 8.70. The van der Waals surface area contributed by atoms with Crippen LogP contribution in [-0.4, -0.2) is 16.9 Å². The Morgan fingerprint density at radius 3 is 3.06 bits per heavy atom. The summed E-state index contributed by atoms with van der Waals surface area (Å²) in [4.78, 5) is 15.9. The van der Waals surface area contributed by atoms with E-state index in [4.69, 9.17) is 5.73 Å². The van der Waals surface area contributed by atoms with Crippen molar-refractivity contribution in [2.24, 2.45) is 5.73 Å². The van der Waals surface area contributed by atoms with Gasteiger partial charge in [-0.15, -0.1) is 11.3 Å². The zero-order valence-corrected chi connectivity index (χ0v) is 10.9. The Hall–Kier alpha value is -1.72. The number of hydrogen-bond acceptors (Lipinski definition) is 4. The molecule has 1 amide bonds. The van der Waals surface area contributed by atoms with Crippen molar-refractivity contribution in [3.63, 3.8) is 0 Å². The van der Waals surface area contributed by atoms with Crippen molar-refractivity contribution < 1.29 is 4.79 Å². The lowest BCUT2D eigenvalue weighted by atomic mass is 10.2. The predicted octanol–water partition coefficient (Wildman–Crippen LogP) is 2.49. The van der Waals surface area contributed by atoms with Crippen molar-refractivity contribution in [2.45, 2.75) is 19.4 Å². The summed E-state index contributed by atoms with van der Waals surface area (Å²) in [5.41, 5.74) is 7.41. The lowest BCUT2D eigenvalue weighted by Gasteiger charge is -2.10. The van der Waals surface area contributed by atoms with Gasteiger partial charge in [0.15, 0.2) is 0 Å². The van der Waals surface area contributed by atoms with Crippen LogP contribution in [0.15, 0.2) is 35.8 Å². The highest BCUT2D eigenvalue weighted by Gasteiger charge is 2.11. The van der Waals surface area contributed by atoms with Gasteiger partial charge in [-0.1, -0.05) is 19.1 Å². The van der Waals surface area contributed by atoms with Crippen LogP contribution in [0.3, 0.4) is 0 Å². The highest BCUT2D eigenvalue weighted by Crippen LogP contribution is 2.24. The lowest BCUT2D eigenvalue weighted by molar-refractivity contribution is -0.117. The topological polar surface area (TPSA) is 68.0 Å². The predicted molar refractivity (Wildman–Crippen MR) is 74.4 cm³/mol. The van der Waals surface area contributed by atoms with E-state index in [0.717, 1.165) is 16.3 Å². The van der Waals surface area contributed by atoms with Crippen molar-refractivity contribution in [1.29, 1.82) is 0 Å². The molecule has 18 heavy (non-hydrogen) atoms. The van der Waals surface area contributed by atoms with Crippen LogP contribution in [0.2, 0.25) is 0 Å². The highest BCUT2D eigenvalue weighted by molar-refractivity contribution is 7.13. The fraction of sp³-hybridized carbons (Fsp3) is 0.231. The molecule has 0 bridgehead atoms. The molecule has 94 valence electrons. The van der Waals surface area contributed by atoms with Crippen LogP contribution in [-0.2, 0) is 4.79 Å². The molecule has 0 spiro atoms. The number of anilines is 1. The third-order valence-corrected chi connectivity index (χ3v) is 3.41. The Balaban J connectivity index is 2.16. The Bertz CT molecular complexity index is 525. The molecule has 0 aliphatic rings. The molecule has 5 heteroatoms. The van der Waals surface area contributed by atoms with Crippen molar-refractivity contribution >= 4 is 22.9 Å². The fourth-order valence-electron chi connectivity index (χ4n) is 1.52.